The molecule has 1 amide bonds. The summed E-state index contributed by atoms with van der Waals surface area (Å²) >= 11 is 0. The third-order valence-corrected chi connectivity index (χ3v) is 6.54. The lowest BCUT2D eigenvalue weighted by atomic mass is 10.1. The standard InChI is InChI=1S/C26H33N3O2Si/c1-17-8-13-22(29(17)25(30)31-26(2,3)4)24-27-21-12-10-19-16-18(14-15-32(5,6)7)9-11-20(19)23(21)28-24/h9-12,16-17,22H,8,13H2,1-7H3,(H,27,28)/t17-,22-/m0/s1. The number of fused-ring (bicyclic) bond motifs is 3. The van der Waals surface area contributed by atoms with E-state index in [1.165, 1.54) is 0 Å². The average Bonchev–Trinajstić information content (AvgIpc) is 3.27. The molecule has 0 bridgehead atoms. The number of hydrogen-bond acceptors (Lipinski definition) is 3. The molecule has 1 aliphatic heterocycles. The Labute approximate surface area is 191 Å². The molecule has 1 fully saturated rings. The maximum atomic E-state index is 12.9. The second-order valence-corrected chi connectivity index (χ2v) is 15.6. The number of rotatable bonds is 1. The van der Waals surface area contributed by atoms with Crippen molar-refractivity contribution in [2.45, 2.75) is 77.9 Å². The van der Waals surface area contributed by atoms with Gasteiger partial charge in [-0.15, -0.1) is 5.54 Å². The Morgan fingerprint density at radius 2 is 1.94 bits per heavy atom. The van der Waals surface area contributed by atoms with Gasteiger partial charge in [0.2, 0.25) is 0 Å². The van der Waals surface area contributed by atoms with Crippen LogP contribution in [0.2, 0.25) is 19.6 Å². The van der Waals surface area contributed by atoms with Crippen LogP contribution in [-0.4, -0.2) is 40.7 Å². The van der Waals surface area contributed by atoms with Crippen LogP contribution in [0.4, 0.5) is 4.79 Å². The van der Waals surface area contributed by atoms with Crippen molar-refractivity contribution < 1.29 is 9.53 Å². The van der Waals surface area contributed by atoms with Crippen molar-refractivity contribution in [3.63, 3.8) is 0 Å². The molecule has 2 atom stereocenters. The highest BCUT2D eigenvalue weighted by atomic mass is 28.3. The lowest BCUT2D eigenvalue weighted by Gasteiger charge is -2.30. The Hall–Kier alpha value is -2.78. The van der Waals surface area contributed by atoms with Gasteiger partial charge in [0.1, 0.15) is 19.5 Å². The first-order valence-electron chi connectivity index (χ1n) is 11.4. The van der Waals surface area contributed by atoms with Crippen LogP contribution in [0.5, 0.6) is 0 Å². The van der Waals surface area contributed by atoms with E-state index in [-0.39, 0.29) is 18.2 Å². The number of carbonyl (C=O) groups excluding carboxylic acids is 1. The number of imidazole rings is 1. The predicted octanol–water partition coefficient (Wildman–Crippen LogP) is 6.41. The molecule has 0 spiro atoms. The molecule has 3 aromatic rings. The molecule has 1 aromatic heterocycles. The van der Waals surface area contributed by atoms with Crippen molar-refractivity contribution in [2.75, 3.05) is 0 Å². The van der Waals surface area contributed by atoms with E-state index in [4.69, 9.17) is 9.72 Å². The minimum Gasteiger partial charge on any atom is -0.444 e. The fourth-order valence-corrected chi connectivity index (χ4v) is 4.72. The van der Waals surface area contributed by atoms with Crippen LogP contribution >= 0.6 is 0 Å². The van der Waals surface area contributed by atoms with Crippen molar-refractivity contribution in [3.05, 3.63) is 41.7 Å². The van der Waals surface area contributed by atoms with Gasteiger partial charge >= 0.3 is 6.09 Å². The van der Waals surface area contributed by atoms with Gasteiger partial charge in [-0.2, -0.15) is 0 Å². The van der Waals surface area contributed by atoms with Gasteiger partial charge in [0.25, 0.3) is 0 Å². The third-order valence-electron chi connectivity index (χ3n) is 5.66. The van der Waals surface area contributed by atoms with E-state index in [0.29, 0.717) is 0 Å². The number of nitrogens with zero attached hydrogens (tertiary/aromatic N) is 2. The summed E-state index contributed by atoms with van der Waals surface area (Å²) < 4.78 is 5.68. The molecule has 0 unspecified atom stereocenters. The number of hydrogen-bond donors (Lipinski definition) is 1. The molecule has 1 aliphatic rings. The summed E-state index contributed by atoms with van der Waals surface area (Å²) in [5, 5.41) is 2.26. The number of H-pyrrole nitrogens is 1. The molecule has 0 radical (unpaired) electrons. The topological polar surface area (TPSA) is 58.2 Å². The van der Waals surface area contributed by atoms with Crippen LogP contribution < -0.4 is 0 Å². The number of ether oxygens (including phenoxy) is 1. The number of carbonyl (C=O) groups is 1. The van der Waals surface area contributed by atoms with E-state index in [0.717, 1.165) is 46.0 Å². The van der Waals surface area contributed by atoms with Crippen LogP contribution in [0.15, 0.2) is 30.3 Å². The smallest absolute Gasteiger partial charge is 0.411 e. The number of nitrogens with one attached hydrogen (secondary N) is 1. The summed E-state index contributed by atoms with van der Waals surface area (Å²) in [4.78, 5) is 23.2. The van der Waals surface area contributed by atoms with Crippen LogP contribution in [0.25, 0.3) is 21.8 Å². The monoisotopic (exact) mass is 447 g/mol. The van der Waals surface area contributed by atoms with Crippen LogP contribution in [0.3, 0.4) is 0 Å². The van der Waals surface area contributed by atoms with Gasteiger partial charge in [0.05, 0.1) is 17.1 Å². The number of likely N-dealkylation sites (tertiary alicyclic amines) is 1. The third kappa shape index (κ3) is 4.68. The number of aromatic nitrogens is 2. The zero-order valence-corrected chi connectivity index (χ0v) is 21.2. The maximum Gasteiger partial charge on any atom is 0.411 e. The molecule has 6 heteroatoms. The highest BCUT2D eigenvalue weighted by Crippen LogP contribution is 2.37. The van der Waals surface area contributed by atoms with E-state index >= 15 is 0 Å². The number of aromatic amines is 1. The van der Waals surface area contributed by atoms with Crippen LogP contribution in [0, 0.1) is 11.5 Å². The quantitative estimate of drug-likeness (QED) is 0.346. The second-order valence-electron chi connectivity index (χ2n) is 10.8. The largest absolute Gasteiger partial charge is 0.444 e. The summed E-state index contributed by atoms with van der Waals surface area (Å²) in [5.41, 5.74) is 5.87. The highest BCUT2D eigenvalue weighted by molar-refractivity contribution is 6.83. The molecule has 2 aromatic carbocycles. The molecule has 2 heterocycles. The number of amides is 1. The summed E-state index contributed by atoms with van der Waals surface area (Å²) in [6, 6.07) is 10.5. The minimum atomic E-state index is -1.42. The van der Waals surface area contributed by atoms with E-state index in [1.54, 1.807) is 0 Å². The van der Waals surface area contributed by atoms with Crippen molar-refractivity contribution in [1.29, 1.82) is 0 Å². The van der Waals surface area contributed by atoms with Gasteiger partial charge in [0, 0.05) is 17.0 Å². The number of benzene rings is 2. The lowest BCUT2D eigenvalue weighted by molar-refractivity contribution is 0.0152. The van der Waals surface area contributed by atoms with Crippen molar-refractivity contribution in [3.8, 4) is 11.5 Å². The Kier molecular flexibility index (Phi) is 5.58. The summed E-state index contributed by atoms with van der Waals surface area (Å²) in [7, 11) is -1.42. The van der Waals surface area contributed by atoms with Gasteiger partial charge in [0.15, 0.2) is 0 Å². The minimum absolute atomic E-state index is 0.107. The first-order chi connectivity index (χ1) is 14.9. The van der Waals surface area contributed by atoms with Crippen molar-refractivity contribution >= 4 is 36.0 Å². The molecular formula is C26H33N3O2Si. The summed E-state index contributed by atoms with van der Waals surface area (Å²) in [6.07, 6.45) is 1.53. The van der Waals surface area contributed by atoms with Gasteiger partial charge in [-0.05, 0) is 64.1 Å². The first kappa shape index (κ1) is 22.4. The Morgan fingerprint density at radius 1 is 1.19 bits per heavy atom. The molecule has 0 saturated carbocycles. The Morgan fingerprint density at radius 3 is 2.62 bits per heavy atom. The van der Waals surface area contributed by atoms with Gasteiger partial charge < -0.3 is 9.72 Å². The first-order valence-corrected chi connectivity index (χ1v) is 14.9. The van der Waals surface area contributed by atoms with E-state index in [9.17, 15) is 4.79 Å². The molecule has 4 rings (SSSR count). The molecule has 1 N–H and O–H groups in total. The zero-order chi connectivity index (χ0) is 23.3. The lowest BCUT2D eigenvalue weighted by Crippen LogP contribution is -2.40. The SMILES string of the molecule is C[C@H]1CC[C@@H](c2nc3ccc4cc(C#C[Si](C)(C)C)ccc4c3[nH]2)N1C(=O)OC(C)(C)C. The molecule has 5 nitrogen and oxygen atoms in total. The van der Waals surface area contributed by atoms with E-state index in [1.807, 2.05) is 31.7 Å². The predicted molar refractivity (Wildman–Crippen MR) is 133 cm³/mol. The fraction of sp³-hybridized carbons (Fsp3) is 0.462. The Balaban J connectivity index is 1.70. The molecule has 0 aliphatic carbocycles. The van der Waals surface area contributed by atoms with Crippen LogP contribution in [0.1, 0.15) is 58.0 Å². The van der Waals surface area contributed by atoms with Gasteiger partial charge in [-0.3, -0.25) is 4.90 Å². The zero-order valence-electron chi connectivity index (χ0n) is 20.2. The second kappa shape index (κ2) is 7.97. The average molecular weight is 448 g/mol. The van der Waals surface area contributed by atoms with Crippen molar-refractivity contribution in [2.24, 2.45) is 0 Å². The molecule has 32 heavy (non-hydrogen) atoms. The van der Waals surface area contributed by atoms with E-state index < -0.39 is 13.7 Å². The molecule has 168 valence electrons. The maximum absolute atomic E-state index is 12.9. The normalized spacial score (nSPS) is 19.3. The van der Waals surface area contributed by atoms with Crippen LogP contribution in [-0.2, 0) is 4.74 Å². The summed E-state index contributed by atoms with van der Waals surface area (Å²) in [5.74, 6) is 4.17. The fourth-order valence-electron chi connectivity index (χ4n) is 4.20. The van der Waals surface area contributed by atoms with Gasteiger partial charge in [-0.1, -0.05) is 37.7 Å². The Bertz CT molecular complexity index is 1240. The van der Waals surface area contributed by atoms with Crippen molar-refractivity contribution in [1.82, 2.24) is 14.9 Å². The summed E-state index contributed by atoms with van der Waals surface area (Å²) in [6.45, 7) is 14.5. The van der Waals surface area contributed by atoms with Gasteiger partial charge in [-0.25, -0.2) is 9.78 Å². The highest BCUT2D eigenvalue weighted by Gasteiger charge is 2.39. The van der Waals surface area contributed by atoms with E-state index in [2.05, 4.69) is 67.3 Å². The molecular weight excluding hydrogens is 414 g/mol. The molecule has 1 saturated heterocycles.